The zero-order valence-corrected chi connectivity index (χ0v) is 17.1. The third-order valence-electron chi connectivity index (χ3n) is 4.97. The Morgan fingerprint density at radius 1 is 1.38 bits per heavy atom. The number of ether oxygens (including phenoxy) is 1. The summed E-state index contributed by atoms with van der Waals surface area (Å²) in [5.74, 6) is 0.994. The van der Waals surface area contributed by atoms with Crippen molar-refractivity contribution in [1.29, 1.82) is 0 Å². The van der Waals surface area contributed by atoms with E-state index in [-0.39, 0.29) is 5.91 Å². The second-order valence-electron chi connectivity index (χ2n) is 6.94. The van der Waals surface area contributed by atoms with Gasteiger partial charge in [-0.2, -0.15) is 5.10 Å². The molecule has 2 amide bonds. The predicted molar refractivity (Wildman–Crippen MR) is 108 cm³/mol. The van der Waals surface area contributed by atoms with E-state index in [0.717, 1.165) is 21.6 Å². The summed E-state index contributed by atoms with van der Waals surface area (Å²) < 4.78 is 7.68. The molecule has 0 saturated carbocycles. The maximum atomic E-state index is 12.8. The first-order valence-corrected chi connectivity index (χ1v) is 10.2. The topological polar surface area (TPSA) is 116 Å². The molecule has 1 atom stereocenters. The maximum Gasteiger partial charge on any atom is 0.259 e. The van der Waals surface area contributed by atoms with Crippen LogP contribution in [0.5, 0.6) is 0 Å². The van der Waals surface area contributed by atoms with Crippen molar-refractivity contribution in [3.05, 3.63) is 40.4 Å². The van der Waals surface area contributed by atoms with Crippen LogP contribution in [0.1, 0.15) is 39.4 Å². The van der Waals surface area contributed by atoms with Crippen LogP contribution in [0.3, 0.4) is 0 Å². The molecule has 4 heterocycles. The lowest BCUT2D eigenvalue weighted by molar-refractivity contribution is -0.139. The van der Waals surface area contributed by atoms with E-state index < -0.39 is 12.0 Å². The van der Waals surface area contributed by atoms with E-state index >= 15 is 0 Å². The molecule has 1 aliphatic heterocycles. The third-order valence-corrected chi connectivity index (χ3v) is 6.11. The highest BCUT2D eigenvalue weighted by Gasteiger charge is 2.31. The molecule has 3 aromatic rings. The number of aromatic nitrogens is 4. The van der Waals surface area contributed by atoms with E-state index in [1.165, 1.54) is 11.3 Å². The fourth-order valence-corrected chi connectivity index (χ4v) is 4.68. The van der Waals surface area contributed by atoms with Gasteiger partial charge in [-0.15, -0.1) is 11.3 Å². The SMILES string of the molecule is Cc1nc(C)n(CCC(=O)N2CCO[C@H](c3c(C(N)=O)sc4ncccc34)C2)n1. The highest BCUT2D eigenvalue weighted by molar-refractivity contribution is 7.20. The molecule has 0 aromatic carbocycles. The number of hydrogen-bond donors (Lipinski definition) is 1. The number of aryl methyl sites for hydroxylation is 3. The molecule has 0 radical (unpaired) electrons. The van der Waals surface area contributed by atoms with E-state index in [1.807, 2.05) is 26.0 Å². The highest BCUT2D eigenvalue weighted by Crippen LogP contribution is 2.37. The van der Waals surface area contributed by atoms with Crippen molar-refractivity contribution < 1.29 is 14.3 Å². The molecule has 0 unspecified atom stereocenters. The van der Waals surface area contributed by atoms with E-state index in [4.69, 9.17) is 10.5 Å². The van der Waals surface area contributed by atoms with Crippen LogP contribution < -0.4 is 5.73 Å². The van der Waals surface area contributed by atoms with Crippen LogP contribution in [-0.2, 0) is 16.1 Å². The van der Waals surface area contributed by atoms with Crippen LogP contribution in [0.4, 0.5) is 0 Å². The summed E-state index contributed by atoms with van der Waals surface area (Å²) in [6.07, 6.45) is 1.59. The molecule has 9 nitrogen and oxygen atoms in total. The molecule has 10 heteroatoms. The van der Waals surface area contributed by atoms with Gasteiger partial charge in [-0.1, -0.05) is 6.07 Å². The Bertz CT molecular complexity index is 1080. The van der Waals surface area contributed by atoms with Crippen LogP contribution in [0, 0.1) is 13.8 Å². The lowest BCUT2D eigenvalue weighted by Crippen LogP contribution is -2.42. The maximum absolute atomic E-state index is 12.8. The van der Waals surface area contributed by atoms with Crippen LogP contribution in [-0.4, -0.2) is 56.2 Å². The molecule has 4 rings (SSSR count). The predicted octanol–water partition coefficient (Wildman–Crippen LogP) is 1.59. The largest absolute Gasteiger partial charge is 0.370 e. The van der Waals surface area contributed by atoms with Gasteiger partial charge in [0.2, 0.25) is 5.91 Å². The number of rotatable bonds is 5. The van der Waals surface area contributed by atoms with Crippen LogP contribution >= 0.6 is 11.3 Å². The lowest BCUT2D eigenvalue weighted by atomic mass is 10.0. The molecule has 1 aliphatic rings. The number of nitrogens with zero attached hydrogens (tertiary/aromatic N) is 5. The second kappa shape index (κ2) is 7.88. The molecule has 0 bridgehead atoms. The van der Waals surface area contributed by atoms with Crippen molar-refractivity contribution in [2.45, 2.75) is 32.9 Å². The number of carbonyl (C=O) groups excluding carboxylic acids is 2. The number of carbonyl (C=O) groups is 2. The summed E-state index contributed by atoms with van der Waals surface area (Å²) in [5, 5.41) is 5.15. The average Bonchev–Trinajstić information content (AvgIpc) is 3.25. The van der Waals surface area contributed by atoms with E-state index in [0.29, 0.717) is 43.4 Å². The zero-order valence-electron chi connectivity index (χ0n) is 16.3. The molecule has 2 N–H and O–H groups in total. The van der Waals surface area contributed by atoms with Crippen molar-refractivity contribution in [2.24, 2.45) is 5.73 Å². The molecular weight excluding hydrogens is 392 g/mol. The van der Waals surface area contributed by atoms with Crippen LogP contribution in [0.15, 0.2) is 18.3 Å². The van der Waals surface area contributed by atoms with E-state index in [2.05, 4.69) is 15.1 Å². The first-order valence-electron chi connectivity index (χ1n) is 9.38. The van der Waals surface area contributed by atoms with E-state index in [9.17, 15) is 9.59 Å². The first-order chi connectivity index (χ1) is 13.9. The van der Waals surface area contributed by atoms with Gasteiger partial charge in [0.15, 0.2) is 0 Å². The second-order valence-corrected chi connectivity index (χ2v) is 7.94. The van der Waals surface area contributed by atoms with Crippen molar-refractivity contribution >= 4 is 33.4 Å². The monoisotopic (exact) mass is 414 g/mol. The number of amides is 2. The Hall–Kier alpha value is -2.85. The molecule has 3 aromatic heterocycles. The Morgan fingerprint density at radius 2 is 2.21 bits per heavy atom. The third kappa shape index (κ3) is 3.85. The molecule has 1 fully saturated rings. The smallest absolute Gasteiger partial charge is 0.259 e. The summed E-state index contributed by atoms with van der Waals surface area (Å²) in [7, 11) is 0. The minimum atomic E-state index is -0.507. The van der Waals surface area contributed by atoms with Gasteiger partial charge in [0.25, 0.3) is 5.91 Å². The fraction of sp³-hybridized carbons (Fsp3) is 0.421. The van der Waals surface area contributed by atoms with E-state index in [1.54, 1.807) is 15.8 Å². The van der Waals surface area contributed by atoms with Gasteiger partial charge in [0, 0.05) is 30.1 Å². The van der Waals surface area contributed by atoms with Crippen molar-refractivity contribution in [3.63, 3.8) is 0 Å². The standard InChI is InChI=1S/C19H22N6O3S/c1-11-22-12(2)25(23-11)7-5-15(26)24-8-9-28-14(10-24)16-13-4-3-6-21-19(13)29-17(16)18(20)27/h3-4,6,14H,5,7-10H2,1-2H3,(H2,20,27)/t14-/m0/s1. The number of hydrogen-bond acceptors (Lipinski definition) is 7. The number of fused-ring (bicyclic) bond motifs is 1. The number of morpholine rings is 1. The molecule has 29 heavy (non-hydrogen) atoms. The molecular formula is C19H22N6O3S. The van der Waals surface area contributed by atoms with Gasteiger partial charge in [0.1, 0.15) is 27.5 Å². The molecule has 152 valence electrons. The van der Waals surface area contributed by atoms with Gasteiger partial charge in [-0.3, -0.25) is 9.59 Å². The molecule has 0 aliphatic carbocycles. The van der Waals surface area contributed by atoms with Gasteiger partial charge in [-0.25, -0.2) is 14.6 Å². The van der Waals surface area contributed by atoms with Gasteiger partial charge < -0.3 is 15.4 Å². The Morgan fingerprint density at radius 3 is 2.93 bits per heavy atom. The average molecular weight is 414 g/mol. The van der Waals surface area contributed by atoms with Crippen molar-refractivity contribution in [3.8, 4) is 0 Å². The normalized spacial score (nSPS) is 17.0. The van der Waals surface area contributed by atoms with Crippen molar-refractivity contribution in [1.82, 2.24) is 24.6 Å². The summed E-state index contributed by atoms with van der Waals surface area (Å²) in [5.41, 5.74) is 6.33. The Kier molecular flexibility index (Phi) is 5.29. The first kappa shape index (κ1) is 19.5. The number of nitrogens with two attached hydrogens (primary N) is 1. The van der Waals surface area contributed by atoms with Gasteiger partial charge in [-0.05, 0) is 19.9 Å². The van der Waals surface area contributed by atoms with Gasteiger partial charge >= 0.3 is 0 Å². The summed E-state index contributed by atoms with van der Waals surface area (Å²) in [6.45, 7) is 5.45. The number of pyridine rings is 1. The quantitative estimate of drug-likeness (QED) is 0.678. The van der Waals surface area contributed by atoms with Crippen LogP contribution in [0.2, 0.25) is 0 Å². The van der Waals surface area contributed by atoms with Gasteiger partial charge in [0.05, 0.1) is 19.7 Å². The summed E-state index contributed by atoms with van der Waals surface area (Å²) in [4.78, 5) is 36.3. The fourth-order valence-electron chi connectivity index (χ4n) is 3.64. The summed E-state index contributed by atoms with van der Waals surface area (Å²) >= 11 is 1.26. The summed E-state index contributed by atoms with van der Waals surface area (Å²) in [6, 6.07) is 3.72. The Labute approximate surface area is 171 Å². The lowest BCUT2D eigenvalue weighted by Gasteiger charge is -2.33. The number of thiophene rings is 1. The highest BCUT2D eigenvalue weighted by atomic mass is 32.1. The minimum Gasteiger partial charge on any atom is -0.370 e. The number of primary amides is 1. The molecule has 1 saturated heterocycles. The van der Waals surface area contributed by atoms with Crippen LogP contribution in [0.25, 0.3) is 10.2 Å². The Balaban J connectivity index is 1.52. The van der Waals surface area contributed by atoms with Crippen molar-refractivity contribution in [2.75, 3.05) is 19.7 Å². The molecule has 0 spiro atoms. The minimum absolute atomic E-state index is 0.0177. The zero-order chi connectivity index (χ0) is 20.5.